The maximum atomic E-state index is 13.0. The summed E-state index contributed by atoms with van der Waals surface area (Å²) in [5, 5.41) is 0. The number of ether oxygens (including phenoxy) is 2. The van der Waals surface area contributed by atoms with Gasteiger partial charge in [-0.25, -0.2) is 0 Å². The molecule has 10 heteroatoms. The lowest BCUT2D eigenvalue weighted by molar-refractivity contribution is 0.0723. The van der Waals surface area contributed by atoms with Crippen molar-refractivity contribution in [3.8, 4) is 17.2 Å². The summed E-state index contributed by atoms with van der Waals surface area (Å²) in [7, 11) is -8.59. The van der Waals surface area contributed by atoms with E-state index in [-0.39, 0.29) is 33.5 Å². The van der Waals surface area contributed by atoms with Crippen LogP contribution < -0.4 is 13.1 Å². The fraction of sp³-hybridized carbons (Fsp3) is 0.280. The van der Waals surface area contributed by atoms with E-state index in [0.717, 1.165) is 11.1 Å². The molecule has 0 aromatic heterocycles. The van der Waals surface area contributed by atoms with Crippen molar-refractivity contribution in [3.63, 3.8) is 0 Å². The first kappa shape index (κ1) is 23.7. The van der Waals surface area contributed by atoms with Crippen molar-refractivity contribution < 1.29 is 34.7 Å². The lowest BCUT2D eigenvalue weighted by atomic mass is 9.94. The second kappa shape index (κ2) is 7.97. The zero-order valence-corrected chi connectivity index (χ0v) is 21.1. The highest BCUT2D eigenvalue weighted by Crippen LogP contribution is 2.56. The molecule has 0 saturated carbocycles. The molecule has 2 aliphatic heterocycles. The van der Waals surface area contributed by atoms with E-state index in [1.54, 1.807) is 24.3 Å². The first-order valence-corrected chi connectivity index (χ1v) is 13.7. The molecular weight excluding hydrogens is 492 g/mol. The summed E-state index contributed by atoms with van der Waals surface area (Å²) < 4.78 is 74.6. The van der Waals surface area contributed by atoms with Crippen molar-refractivity contribution in [2.24, 2.45) is 0 Å². The van der Waals surface area contributed by atoms with Gasteiger partial charge in [-0.1, -0.05) is 35.4 Å². The highest BCUT2D eigenvalue weighted by molar-refractivity contribution is 7.87. The number of hydrogen-bond donors (Lipinski definition) is 0. The van der Waals surface area contributed by atoms with Gasteiger partial charge in [0.25, 0.3) is 0 Å². The van der Waals surface area contributed by atoms with E-state index < -0.39 is 25.8 Å². The van der Waals surface area contributed by atoms with Crippen molar-refractivity contribution in [2.75, 3.05) is 0 Å². The van der Waals surface area contributed by atoms with Crippen LogP contribution in [0.25, 0.3) is 0 Å². The first-order valence-electron chi connectivity index (χ1n) is 10.9. The van der Waals surface area contributed by atoms with E-state index in [2.05, 4.69) is 0 Å². The third kappa shape index (κ3) is 4.49. The molecule has 2 heterocycles. The Balaban J connectivity index is 1.58. The lowest BCUT2D eigenvalue weighted by Crippen LogP contribution is -2.37. The Labute approximate surface area is 204 Å². The molecule has 0 N–H and O–H groups in total. The second-order valence-corrected chi connectivity index (χ2v) is 12.3. The minimum atomic E-state index is -4.30. The number of aryl methyl sites for hydroxylation is 2. The van der Waals surface area contributed by atoms with E-state index in [4.69, 9.17) is 17.8 Å². The van der Waals surface area contributed by atoms with Crippen molar-refractivity contribution in [2.45, 2.75) is 55.3 Å². The fourth-order valence-electron chi connectivity index (χ4n) is 3.96. The van der Waals surface area contributed by atoms with Crippen LogP contribution in [0.5, 0.6) is 17.2 Å². The van der Waals surface area contributed by atoms with E-state index in [0.29, 0.717) is 11.3 Å². The monoisotopic (exact) mass is 516 g/mol. The Hall–Kier alpha value is -3.08. The van der Waals surface area contributed by atoms with Crippen LogP contribution in [0.3, 0.4) is 0 Å². The zero-order valence-electron chi connectivity index (χ0n) is 19.5. The van der Waals surface area contributed by atoms with Gasteiger partial charge < -0.3 is 17.8 Å². The molecule has 2 atom stereocenters. The van der Waals surface area contributed by atoms with Crippen LogP contribution in [0.2, 0.25) is 0 Å². The summed E-state index contributed by atoms with van der Waals surface area (Å²) >= 11 is 0. The first-order chi connectivity index (χ1) is 16.4. The van der Waals surface area contributed by atoms with Gasteiger partial charge in [-0.3, -0.25) is 0 Å². The number of rotatable bonds is 6. The minimum absolute atomic E-state index is 0.0777. The molecule has 5 rings (SSSR count). The maximum Gasteiger partial charge on any atom is 0.339 e. The van der Waals surface area contributed by atoms with Gasteiger partial charge in [0.15, 0.2) is 11.5 Å². The molecule has 1 fully saturated rings. The molecule has 0 radical (unpaired) electrons. The van der Waals surface area contributed by atoms with Gasteiger partial charge in [0.2, 0.25) is 0 Å². The highest BCUT2D eigenvalue weighted by atomic mass is 32.2. The van der Waals surface area contributed by atoms with Gasteiger partial charge >= 0.3 is 20.2 Å². The second-order valence-electron chi connectivity index (χ2n) is 9.22. The Morgan fingerprint density at radius 2 is 1.20 bits per heavy atom. The molecule has 0 unspecified atom stereocenters. The molecule has 0 bridgehead atoms. The Kier molecular flexibility index (Phi) is 5.39. The van der Waals surface area contributed by atoms with E-state index >= 15 is 0 Å². The standard InChI is InChI=1S/C25H24O8S2/c1-15-5-9-17(10-6-15)34(26,27)32-21-13-19-20(31-25(3,4)24-23(19)30-24)14-22(21)33-35(28,29)18-11-7-16(2)8-12-18/h5-14,23-24H,1-4H3/t23-,24-/m1/s1. The largest absolute Gasteiger partial charge is 0.484 e. The van der Waals surface area contributed by atoms with E-state index in [9.17, 15) is 16.8 Å². The number of hydrogen-bond acceptors (Lipinski definition) is 8. The van der Waals surface area contributed by atoms with Crippen LogP contribution in [0.15, 0.2) is 70.5 Å². The molecule has 0 amide bonds. The van der Waals surface area contributed by atoms with Crippen LogP contribution in [0.1, 0.15) is 36.6 Å². The summed E-state index contributed by atoms with van der Waals surface area (Å²) in [5.74, 6) is -0.254. The van der Waals surface area contributed by atoms with E-state index in [1.807, 2.05) is 27.7 Å². The van der Waals surface area contributed by atoms with Crippen molar-refractivity contribution >= 4 is 20.2 Å². The maximum absolute atomic E-state index is 13.0. The van der Waals surface area contributed by atoms with Gasteiger partial charge in [0.1, 0.15) is 33.3 Å². The molecule has 3 aromatic rings. The molecule has 2 aliphatic rings. The molecule has 184 valence electrons. The Morgan fingerprint density at radius 1 is 0.743 bits per heavy atom. The van der Waals surface area contributed by atoms with Gasteiger partial charge in [0.05, 0.1) is 0 Å². The number of epoxide rings is 1. The van der Waals surface area contributed by atoms with Crippen LogP contribution in [-0.4, -0.2) is 28.5 Å². The summed E-state index contributed by atoms with van der Waals surface area (Å²) in [6.45, 7) is 7.37. The summed E-state index contributed by atoms with van der Waals surface area (Å²) in [6.07, 6.45) is -0.527. The highest BCUT2D eigenvalue weighted by Gasteiger charge is 2.57. The summed E-state index contributed by atoms with van der Waals surface area (Å²) in [4.78, 5) is -0.161. The predicted octanol–water partition coefficient (Wildman–Crippen LogP) is 4.45. The third-order valence-corrected chi connectivity index (χ3v) is 8.45. The SMILES string of the molecule is Cc1ccc(S(=O)(=O)Oc2cc3c(cc2OS(=O)(=O)c2ccc(C)cc2)[C@H]2O[C@H]2C(C)(C)O3)cc1. The minimum Gasteiger partial charge on any atom is -0.484 e. The summed E-state index contributed by atoms with van der Waals surface area (Å²) in [6, 6.07) is 14.9. The van der Waals surface area contributed by atoms with E-state index in [1.165, 1.54) is 36.4 Å². The number of fused-ring (bicyclic) bond motifs is 3. The summed E-state index contributed by atoms with van der Waals surface area (Å²) in [5.41, 5.74) is 1.66. The third-order valence-electron chi connectivity index (χ3n) is 5.95. The number of benzene rings is 3. The Morgan fingerprint density at radius 3 is 1.69 bits per heavy atom. The van der Waals surface area contributed by atoms with Crippen molar-refractivity contribution in [3.05, 3.63) is 77.4 Å². The topological polar surface area (TPSA) is 109 Å². The van der Waals surface area contributed by atoms with Gasteiger partial charge in [-0.15, -0.1) is 0 Å². The molecule has 0 aliphatic carbocycles. The van der Waals surface area contributed by atoms with Gasteiger partial charge in [-0.05, 0) is 58.0 Å². The lowest BCUT2D eigenvalue weighted by Gasteiger charge is -2.30. The normalized spacial score (nSPS) is 20.2. The molecule has 35 heavy (non-hydrogen) atoms. The average Bonchev–Trinajstić information content (AvgIpc) is 3.57. The molecule has 3 aromatic carbocycles. The van der Waals surface area contributed by atoms with Crippen LogP contribution in [-0.2, 0) is 25.0 Å². The van der Waals surface area contributed by atoms with Crippen LogP contribution in [0.4, 0.5) is 0 Å². The van der Waals surface area contributed by atoms with Crippen molar-refractivity contribution in [1.29, 1.82) is 0 Å². The molecule has 8 nitrogen and oxygen atoms in total. The molecule has 1 saturated heterocycles. The van der Waals surface area contributed by atoms with Crippen LogP contribution in [0, 0.1) is 13.8 Å². The predicted molar refractivity (Wildman–Crippen MR) is 127 cm³/mol. The fourth-order valence-corrected chi connectivity index (χ4v) is 5.82. The molecule has 0 spiro atoms. The Bertz CT molecular complexity index is 1510. The average molecular weight is 517 g/mol. The van der Waals surface area contributed by atoms with Gasteiger partial charge in [0, 0.05) is 11.6 Å². The van der Waals surface area contributed by atoms with Crippen LogP contribution >= 0.6 is 0 Å². The molecular formula is C25H24O8S2. The zero-order chi connectivity index (χ0) is 25.2. The van der Waals surface area contributed by atoms with Crippen molar-refractivity contribution in [1.82, 2.24) is 0 Å². The van der Waals surface area contributed by atoms with Gasteiger partial charge in [-0.2, -0.15) is 16.8 Å². The smallest absolute Gasteiger partial charge is 0.339 e. The quantitative estimate of drug-likeness (QED) is 0.349.